The molecule has 5 amide bonds. The molecule has 1 aromatic heterocycles. The number of nitrogens with one attached hydrogen (secondary N) is 2. The van der Waals surface area contributed by atoms with Gasteiger partial charge in [0, 0.05) is 52.4 Å². The summed E-state index contributed by atoms with van der Waals surface area (Å²) in [6.07, 6.45) is 3.13. The molecule has 3 aliphatic heterocycles. The number of aromatic nitrogens is 1. The Bertz CT molecular complexity index is 1580. The van der Waals surface area contributed by atoms with E-state index in [9.17, 15) is 23.6 Å². The molecule has 3 saturated heterocycles. The molecule has 2 N–H and O–H groups in total. The van der Waals surface area contributed by atoms with Crippen molar-refractivity contribution in [3.05, 3.63) is 54.2 Å². The van der Waals surface area contributed by atoms with E-state index in [1.165, 1.54) is 4.90 Å². The highest BCUT2D eigenvalue weighted by Gasteiger charge is 2.48. The Labute approximate surface area is 302 Å². The minimum absolute atomic E-state index is 0.0162. The van der Waals surface area contributed by atoms with Crippen LogP contribution in [0, 0.1) is 23.2 Å². The van der Waals surface area contributed by atoms with Crippen molar-refractivity contribution in [3.63, 3.8) is 0 Å². The van der Waals surface area contributed by atoms with Crippen LogP contribution in [0.1, 0.15) is 31.7 Å². The number of hydrogen-bond acceptors (Lipinski definition) is 10. The molecule has 15 heteroatoms. The number of imide groups is 1. The maximum absolute atomic E-state index is 13.5. The maximum atomic E-state index is 13.5. The number of amides is 5. The Balaban J connectivity index is 0.000000198. The zero-order valence-corrected chi connectivity index (χ0v) is 30.4. The normalized spacial score (nSPS) is 26.5. The number of halogens is 1. The number of urea groups is 1. The van der Waals surface area contributed by atoms with Gasteiger partial charge in [-0.05, 0) is 67.9 Å². The highest BCUT2D eigenvalue weighted by Crippen LogP contribution is 2.44. The number of ether oxygens (including phenoxy) is 1. The van der Waals surface area contributed by atoms with E-state index in [2.05, 4.69) is 22.5 Å². The molecule has 13 nitrogen and oxygen atoms in total. The molecule has 4 heterocycles. The second kappa shape index (κ2) is 16.7. The van der Waals surface area contributed by atoms with E-state index in [0.29, 0.717) is 24.9 Å². The number of hydrogen-bond donors (Lipinski definition) is 2. The molecule has 2 unspecified atom stereocenters. The van der Waals surface area contributed by atoms with Crippen molar-refractivity contribution < 1.29 is 28.3 Å². The highest BCUT2D eigenvalue weighted by molar-refractivity contribution is 8.15. The van der Waals surface area contributed by atoms with Crippen molar-refractivity contribution in [2.75, 3.05) is 65.4 Å². The Morgan fingerprint density at radius 3 is 2.41 bits per heavy atom. The van der Waals surface area contributed by atoms with Gasteiger partial charge in [-0.25, -0.2) is 14.2 Å². The van der Waals surface area contributed by atoms with Crippen molar-refractivity contribution in [3.8, 4) is 11.8 Å². The molecule has 6 rings (SSSR count). The Morgan fingerprint density at radius 1 is 1.12 bits per heavy atom. The summed E-state index contributed by atoms with van der Waals surface area (Å²) < 4.78 is 19.3. The number of pyridine rings is 1. The third kappa shape index (κ3) is 9.89. The summed E-state index contributed by atoms with van der Waals surface area (Å²) in [6, 6.07) is 14.8. The van der Waals surface area contributed by atoms with Crippen molar-refractivity contribution in [1.82, 2.24) is 30.3 Å². The van der Waals surface area contributed by atoms with Gasteiger partial charge in [0.2, 0.25) is 11.8 Å². The van der Waals surface area contributed by atoms with E-state index >= 15 is 0 Å². The molecule has 0 spiro atoms. The molecular weight excluding hydrogens is 676 g/mol. The van der Waals surface area contributed by atoms with Crippen LogP contribution in [0.25, 0.3) is 0 Å². The summed E-state index contributed by atoms with van der Waals surface area (Å²) in [4.78, 5) is 58.5. The SMILES string of the molecule is CN(C)C(=O)N1C[C@@H]2CC(C)(NCC(=O)N3C[C@@H](F)C[C@H]3C#N)C[C@@H]2C1.CN(CCOc1ccc(CC2SC(=O)NC2=O)cc1)c1ccccn1. The zero-order valence-electron chi connectivity index (χ0n) is 29.6. The van der Waals surface area contributed by atoms with Gasteiger partial charge in [-0.15, -0.1) is 0 Å². The molecule has 1 aromatic carbocycles. The van der Waals surface area contributed by atoms with Gasteiger partial charge in [0.05, 0.1) is 31.0 Å². The minimum Gasteiger partial charge on any atom is -0.492 e. The number of fused-ring (bicyclic) bond motifs is 1. The first-order chi connectivity index (χ1) is 24.3. The number of alkyl halides is 1. The number of nitriles is 1. The molecule has 0 radical (unpaired) electrons. The number of thioether (sulfide) groups is 1. The summed E-state index contributed by atoms with van der Waals surface area (Å²) in [7, 11) is 5.51. The predicted molar refractivity (Wildman–Crippen MR) is 192 cm³/mol. The molecule has 0 bridgehead atoms. The molecule has 51 heavy (non-hydrogen) atoms. The Morgan fingerprint density at radius 2 is 1.82 bits per heavy atom. The number of benzene rings is 1. The number of rotatable bonds is 10. The molecule has 1 saturated carbocycles. The van der Waals surface area contributed by atoms with Gasteiger partial charge in [-0.1, -0.05) is 30.0 Å². The van der Waals surface area contributed by atoms with Crippen LogP contribution in [0.5, 0.6) is 5.75 Å². The van der Waals surface area contributed by atoms with E-state index in [1.54, 1.807) is 25.2 Å². The van der Waals surface area contributed by atoms with Gasteiger partial charge >= 0.3 is 6.03 Å². The van der Waals surface area contributed by atoms with Gasteiger partial charge in [0.15, 0.2) is 0 Å². The van der Waals surface area contributed by atoms with E-state index in [4.69, 9.17) is 10.00 Å². The monoisotopic (exact) mass is 722 g/mol. The second-order valence-corrected chi connectivity index (χ2v) is 15.3. The highest BCUT2D eigenvalue weighted by atomic mass is 32.2. The average molecular weight is 723 g/mol. The number of carbonyl (C=O) groups is 4. The van der Waals surface area contributed by atoms with Crippen LogP contribution in [0.3, 0.4) is 0 Å². The second-order valence-electron chi connectivity index (χ2n) is 14.1. The number of nitrogens with zero attached hydrogens (tertiary/aromatic N) is 6. The average Bonchev–Trinajstić information content (AvgIpc) is 3.85. The summed E-state index contributed by atoms with van der Waals surface area (Å²) in [5, 5.41) is 14.1. The fourth-order valence-electron chi connectivity index (χ4n) is 7.26. The smallest absolute Gasteiger partial charge is 0.319 e. The number of likely N-dealkylation sites (N-methyl/N-ethyl adjacent to an activating group) is 1. The largest absolute Gasteiger partial charge is 0.492 e. The molecular formula is C36H47FN8O5S. The first-order valence-electron chi connectivity index (χ1n) is 17.2. The van der Waals surface area contributed by atoms with Gasteiger partial charge < -0.3 is 29.7 Å². The summed E-state index contributed by atoms with van der Waals surface area (Å²) in [5.41, 5.74) is 0.843. The van der Waals surface area contributed by atoms with E-state index in [-0.39, 0.29) is 53.4 Å². The molecule has 274 valence electrons. The van der Waals surface area contributed by atoms with Crippen LogP contribution in [-0.4, -0.2) is 126 Å². The zero-order chi connectivity index (χ0) is 36.7. The predicted octanol–water partition coefficient (Wildman–Crippen LogP) is 3.31. The van der Waals surface area contributed by atoms with Crippen molar-refractivity contribution in [2.24, 2.45) is 11.8 Å². The summed E-state index contributed by atoms with van der Waals surface area (Å²) in [5.74, 6) is 2.15. The quantitative estimate of drug-likeness (QED) is 0.374. The lowest BCUT2D eigenvalue weighted by Gasteiger charge is -2.30. The first-order valence-corrected chi connectivity index (χ1v) is 18.1. The third-order valence-electron chi connectivity index (χ3n) is 9.89. The van der Waals surface area contributed by atoms with Gasteiger partial charge in [0.25, 0.3) is 5.24 Å². The van der Waals surface area contributed by atoms with Crippen LogP contribution in [0.4, 0.5) is 19.8 Å². The topological polar surface area (TPSA) is 151 Å². The van der Waals surface area contributed by atoms with Crippen LogP contribution >= 0.6 is 11.8 Å². The van der Waals surface area contributed by atoms with Crippen molar-refractivity contribution >= 4 is 40.7 Å². The van der Waals surface area contributed by atoms with Gasteiger partial charge in [0.1, 0.15) is 30.4 Å². The minimum atomic E-state index is -1.11. The maximum Gasteiger partial charge on any atom is 0.319 e. The van der Waals surface area contributed by atoms with Crippen molar-refractivity contribution in [1.29, 1.82) is 5.26 Å². The molecule has 1 aliphatic carbocycles. The number of carbonyl (C=O) groups excluding carboxylic acids is 4. The summed E-state index contributed by atoms with van der Waals surface area (Å²) in [6.45, 7) is 5.05. The molecule has 4 aliphatic rings. The lowest BCUT2D eigenvalue weighted by Crippen LogP contribution is -2.49. The Kier molecular flexibility index (Phi) is 12.4. The molecule has 2 aromatic rings. The van der Waals surface area contributed by atoms with Crippen LogP contribution in [-0.2, 0) is 16.0 Å². The fourth-order valence-corrected chi connectivity index (χ4v) is 8.12. The molecule has 6 atom stereocenters. The van der Waals surface area contributed by atoms with Gasteiger partial charge in [-0.2, -0.15) is 5.26 Å². The van der Waals surface area contributed by atoms with Crippen LogP contribution in [0.15, 0.2) is 48.7 Å². The number of anilines is 1. The summed E-state index contributed by atoms with van der Waals surface area (Å²) >= 11 is 1.05. The third-order valence-corrected chi connectivity index (χ3v) is 10.9. The number of likely N-dealkylation sites (tertiary alicyclic amines) is 2. The first kappa shape index (κ1) is 37.8. The fraction of sp³-hybridized carbons (Fsp3) is 0.556. The van der Waals surface area contributed by atoms with E-state index < -0.39 is 12.2 Å². The lowest BCUT2D eigenvalue weighted by molar-refractivity contribution is -0.130. The van der Waals surface area contributed by atoms with Gasteiger partial charge in [-0.3, -0.25) is 19.7 Å². The molecule has 4 fully saturated rings. The Hall–Kier alpha value is -4.42. The van der Waals surface area contributed by atoms with Crippen molar-refractivity contribution in [2.45, 2.75) is 55.6 Å². The standard InChI is InChI=1S/C18H28FN5O2.C18H19N3O3S/c1-18(21-8-16(25)24-11-14(19)4-15(24)7-20)5-12-9-23(10-13(12)6-18)17(26)22(2)3;1-21(16-4-2-3-9-19-16)10-11-24-14-7-5-13(6-8-14)12-15-17(22)20-18(23)25-15/h12-15,21H,4-6,8-11H2,1-3H3;2-9,15H,10-12H2,1H3,(H,20,22,23)/t12-,13+,14-,15-,18?;/m0./s1. The van der Waals surface area contributed by atoms with E-state index in [0.717, 1.165) is 61.4 Å². The van der Waals surface area contributed by atoms with E-state index in [1.807, 2.05) is 65.4 Å². The van der Waals surface area contributed by atoms with Crippen LogP contribution in [0.2, 0.25) is 0 Å². The van der Waals surface area contributed by atoms with Crippen LogP contribution < -0.4 is 20.3 Å². The lowest BCUT2D eigenvalue weighted by atomic mass is 9.98.